The summed E-state index contributed by atoms with van der Waals surface area (Å²) in [6.07, 6.45) is 4.13. The SMILES string of the molecule is OCCC1CCCC1Nc1ccc2nnc(-c3ccccc3F)n2n1. The Bertz CT molecular complexity index is 881. The molecule has 2 atom stereocenters. The summed E-state index contributed by atoms with van der Waals surface area (Å²) in [6, 6.07) is 10.5. The number of aliphatic hydroxyl groups excluding tert-OH is 1. The number of fused-ring (bicyclic) bond motifs is 1. The minimum atomic E-state index is -0.351. The van der Waals surface area contributed by atoms with Gasteiger partial charge in [-0.25, -0.2) is 4.39 Å². The van der Waals surface area contributed by atoms with Crippen LogP contribution in [0, 0.1) is 11.7 Å². The van der Waals surface area contributed by atoms with Gasteiger partial charge < -0.3 is 10.4 Å². The lowest BCUT2D eigenvalue weighted by molar-refractivity contribution is 0.254. The molecule has 6 nitrogen and oxygen atoms in total. The fraction of sp³-hybridized carbons (Fsp3) is 0.389. The third-order valence-electron chi connectivity index (χ3n) is 4.87. The lowest BCUT2D eigenvalue weighted by atomic mass is 10.0. The fourth-order valence-corrected chi connectivity index (χ4v) is 3.60. The van der Waals surface area contributed by atoms with Crippen molar-refractivity contribution < 1.29 is 9.50 Å². The average Bonchev–Trinajstić information content (AvgIpc) is 3.23. The lowest BCUT2D eigenvalue weighted by Crippen LogP contribution is -2.25. The van der Waals surface area contributed by atoms with Crippen molar-refractivity contribution in [3.05, 3.63) is 42.2 Å². The maximum Gasteiger partial charge on any atom is 0.188 e. The van der Waals surface area contributed by atoms with E-state index in [0.717, 1.165) is 25.7 Å². The van der Waals surface area contributed by atoms with Gasteiger partial charge in [0.05, 0.1) is 5.56 Å². The van der Waals surface area contributed by atoms with Gasteiger partial charge >= 0.3 is 0 Å². The monoisotopic (exact) mass is 341 g/mol. The Morgan fingerprint density at radius 3 is 2.88 bits per heavy atom. The number of aromatic nitrogens is 4. The summed E-state index contributed by atoms with van der Waals surface area (Å²) in [5.74, 6) is 1.19. The molecule has 1 aliphatic rings. The van der Waals surface area contributed by atoms with Crippen LogP contribution in [0.4, 0.5) is 10.2 Å². The van der Waals surface area contributed by atoms with E-state index < -0.39 is 0 Å². The van der Waals surface area contributed by atoms with Gasteiger partial charge in [0.15, 0.2) is 11.5 Å². The maximum atomic E-state index is 14.1. The third-order valence-corrected chi connectivity index (χ3v) is 4.87. The Balaban J connectivity index is 1.66. The summed E-state index contributed by atoms with van der Waals surface area (Å²) >= 11 is 0. The maximum absolute atomic E-state index is 14.1. The molecule has 1 saturated carbocycles. The van der Waals surface area contributed by atoms with Crippen molar-refractivity contribution in [3.63, 3.8) is 0 Å². The molecular weight excluding hydrogens is 321 g/mol. The molecule has 1 aromatic carbocycles. The van der Waals surface area contributed by atoms with E-state index in [-0.39, 0.29) is 12.4 Å². The summed E-state index contributed by atoms with van der Waals surface area (Å²) < 4.78 is 15.7. The zero-order valence-electron chi connectivity index (χ0n) is 13.8. The van der Waals surface area contributed by atoms with Crippen LogP contribution < -0.4 is 5.32 Å². The number of nitrogens with zero attached hydrogens (tertiary/aromatic N) is 4. The highest BCUT2D eigenvalue weighted by Crippen LogP contribution is 2.30. The molecule has 0 radical (unpaired) electrons. The Labute approximate surface area is 144 Å². The molecule has 2 heterocycles. The molecule has 1 fully saturated rings. The molecule has 1 aliphatic carbocycles. The van der Waals surface area contributed by atoms with Crippen LogP contribution in [0.3, 0.4) is 0 Å². The van der Waals surface area contributed by atoms with Gasteiger partial charge in [-0.05, 0) is 49.4 Å². The summed E-state index contributed by atoms with van der Waals surface area (Å²) in [6.45, 7) is 0.207. The van der Waals surface area contributed by atoms with Crippen molar-refractivity contribution in [2.24, 2.45) is 5.92 Å². The highest BCUT2D eigenvalue weighted by molar-refractivity contribution is 5.60. The lowest BCUT2D eigenvalue weighted by Gasteiger charge is -2.20. The normalized spacial score (nSPS) is 20.2. The van der Waals surface area contributed by atoms with E-state index >= 15 is 0 Å². The van der Waals surface area contributed by atoms with E-state index in [2.05, 4.69) is 20.6 Å². The van der Waals surface area contributed by atoms with E-state index in [1.165, 1.54) is 6.07 Å². The van der Waals surface area contributed by atoms with Gasteiger partial charge in [0.25, 0.3) is 0 Å². The summed E-state index contributed by atoms with van der Waals surface area (Å²) in [4.78, 5) is 0. The topological polar surface area (TPSA) is 75.3 Å². The van der Waals surface area contributed by atoms with Crippen molar-refractivity contribution in [3.8, 4) is 11.4 Å². The number of halogens is 1. The highest BCUT2D eigenvalue weighted by atomic mass is 19.1. The first-order valence-corrected chi connectivity index (χ1v) is 8.61. The molecule has 0 aliphatic heterocycles. The van der Waals surface area contributed by atoms with Gasteiger partial charge in [-0.2, -0.15) is 4.52 Å². The van der Waals surface area contributed by atoms with Crippen LogP contribution >= 0.6 is 0 Å². The average molecular weight is 341 g/mol. The molecule has 2 aromatic heterocycles. The van der Waals surface area contributed by atoms with Gasteiger partial charge in [0.2, 0.25) is 0 Å². The van der Waals surface area contributed by atoms with Crippen LogP contribution in [-0.2, 0) is 0 Å². The van der Waals surface area contributed by atoms with Gasteiger partial charge in [-0.1, -0.05) is 18.6 Å². The van der Waals surface area contributed by atoms with E-state index in [1.807, 2.05) is 12.1 Å². The largest absolute Gasteiger partial charge is 0.396 e. The molecular formula is C18H20FN5O. The Kier molecular flexibility index (Phi) is 4.31. The molecule has 2 N–H and O–H groups in total. The number of nitrogens with one attached hydrogen (secondary N) is 1. The van der Waals surface area contributed by atoms with Crippen LogP contribution in [0.25, 0.3) is 17.0 Å². The second-order valence-corrected chi connectivity index (χ2v) is 6.45. The Morgan fingerprint density at radius 1 is 1.16 bits per heavy atom. The van der Waals surface area contributed by atoms with Gasteiger partial charge in [-0.15, -0.1) is 15.3 Å². The van der Waals surface area contributed by atoms with Gasteiger partial charge in [0, 0.05) is 12.6 Å². The molecule has 0 saturated heterocycles. The number of benzene rings is 1. The van der Waals surface area contributed by atoms with Crippen LogP contribution in [0.1, 0.15) is 25.7 Å². The highest BCUT2D eigenvalue weighted by Gasteiger charge is 2.27. The Morgan fingerprint density at radius 2 is 2.04 bits per heavy atom. The van der Waals surface area contributed by atoms with Crippen molar-refractivity contribution >= 4 is 11.5 Å². The first kappa shape index (κ1) is 16.0. The first-order chi connectivity index (χ1) is 12.3. The van der Waals surface area contributed by atoms with E-state index in [0.29, 0.717) is 34.8 Å². The van der Waals surface area contributed by atoms with E-state index in [9.17, 15) is 9.50 Å². The molecule has 25 heavy (non-hydrogen) atoms. The number of rotatable bonds is 5. The number of anilines is 1. The standard InChI is InChI=1S/C18H20FN5O/c19-14-6-2-1-5-13(14)18-22-21-17-9-8-16(23-24(17)18)20-15-7-3-4-12(15)10-11-25/h1-2,5-6,8-9,12,15,25H,3-4,7,10-11H2,(H,20,23). The van der Waals surface area contributed by atoms with Crippen LogP contribution in [-0.4, -0.2) is 37.6 Å². The molecule has 0 amide bonds. The van der Waals surface area contributed by atoms with Gasteiger partial charge in [0.1, 0.15) is 11.6 Å². The molecule has 130 valence electrons. The smallest absolute Gasteiger partial charge is 0.188 e. The van der Waals surface area contributed by atoms with Crippen molar-refractivity contribution in [1.82, 2.24) is 19.8 Å². The summed E-state index contributed by atoms with van der Waals surface area (Å²) in [5.41, 5.74) is 0.945. The molecule has 4 rings (SSSR count). The summed E-state index contributed by atoms with van der Waals surface area (Å²) in [5, 5.41) is 25.4. The second kappa shape index (κ2) is 6.76. The number of aliphatic hydroxyl groups is 1. The van der Waals surface area contributed by atoms with Crippen LogP contribution in [0.2, 0.25) is 0 Å². The fourth-order valence-electron chi connectivity index (χ4n) is 3.60. The summed E-state index contributed by atoms with van der Waals surface area (Å²) in [7, 11) is 0. The van der Waals surface area contributed by atoms with Gasteiger partial charge in [-0.3, -0.25) is 0 Å². The van der Waals surface area contributed by atoms with Crippen LogP contribution in [0.15, 0.2) is 36.4 Å². The predicted octanol–water partition coefficient (Wildman–Crippen LogP) is 2.89. The van der Waals surface area contributed by atoms with E-state index in [4.69, 9.17) is 0 Å². The zero-order valence-corrected chi connectivity index (χ0v) is 13.8. The molecule has 0 spiro atoms. The second-order valence-electron chi connectivity index (χ2n) is 6.45. The van der Waals surface area contributed by atoms with E-state index in [1.54, 1.807) is 22.7 Å². The Hall–Kier alpha value is -2.54. The first-order valence-electron chi connectivity index (χ1n) is 8.61. The molecule has 2 unspecified atom stereocenters. The zero-order chi connectivity index (χ0) is 17.2. The molecule has 7 heteroatoms. The molecule has 0 bridgehead atoms. The van der Waals surface area contributed by atoms with Crippen molar-refractivity contribution in [1.29, 1.82) is 0 Å². The van der Waals surface area contributed by atoms with Crippen LogP contribution in [0.5, 0.6) is 0 Å². The quantitative estimate of drug-likeness (QED) is 0.746. The number of hydrogen-bond donors (Lipinski definition) is 2. The van der Waals surface area contributed by atoms with Crippen molar-refractivity contribution in [2.75, 3.05) is 11.9 Å². The van der Waals surface area contributed by atoms with Crippen molar-refractivity contribution in [2.45, 2.75) is 31.7 Å². The minimum absolute atomic E-state index is 0.207. The molecule has 3 aromatic rings. The predicted molar refractivity (Wildman–Crippen MR) is 92.6 cm³/mol. The number of hydrogen-bond acceptors (Lipinski definition) is 5. The third kappa shape index (κ3) is 3.07. The minimum Gasteiger partial charge on any atom is -0.396 e.